The van der Waals surface area contributed by atoms with Crippen LogP contribution in [0.15, 0.2) is 18.2 Å². The lowest BCUT2D eigenvalue weighted by Gasteiger charge is -2.32. The van der Waals surface area contributed by atoms with Gasteiger partial charge in [-0.25, -0.2) is 8.78 Å². The number of carbonyl (C=O) groups is 1. The Hall–Kier alpha value is -1.49. The number of ether oxygens (including phenoxy) is 1. The highest BCUT2D eigenvalue weighted by Crippen LogP contribution is 2.18. The molecule has 5 heteroatoms. The second-order valence-corrected chi connectivity index (χ2v) is 5.31. The van der Waals surface area contributed by atoms with Crippen molar-refractivity contribution in [1.82, 2.24) is 4.90 Å². The van der Waals surface area contributed by atoms with Crippen LogP contribution in [0.2, 0.25) is 0 Å². The Labute approximate surface area is 117 Å². The Morgan fingerprint density at radius 1 is 1.25 bits per heavy atom. The van der Waals surface area contributed by atoms with Gasteiger partial charge in [0.25, 0.3) is 5.91 Å². The fourth-order valence-corrected chi connectivity index (χ4v) is 2.39. The summed E-state index contributed by atoms with van der Waals surface area (Å²) in [6, 6.07) is 3.25. The van der Waals surface area contributed by atoms with E-state index in [0.29, 0.717) is 13.1 Å². The Morgan fingerprint density at radius 3 is 2.45 bits per heavy atom. The SMILES string of the molecule is CC(C)OC1CCN(C(=O)c2ccc(F)c(F)c2)CC1. The summed E-state index contributed by atoms with van der Waals surface area (Å²) < 4.78 is 31.7. The zero-order valence-corrected chi connectivity index (χ0v) is 11.7. The van der Waals surface area contributed by atoms with Crippen molar-refractivity contribution in [2.24, 2.45) is 0 Å². The minimum atomic E-state index is -0.992. The smallest absolute Gasteiger partial charge is 0.253 e. The molecule has 1 aromatic rings. The summed E-state index contributed by atoms with van der Waals surface area (Å²) in [5, 5.41) is 0. The normalized spacial score (nSPS) is 16.8. The van der Waals surface area contributed by atoms with Crippen LogP contribution in [0, 0.1) is 11.6 Å². The molecule has 1 heterocycles. The average molecular weight is 283 g/mol. The number of hydrogen-bond donors (Lipinski definition) is 0. The molecule has 1 saturated heterocycles. The van der Waals surface area contributed by atoms with Crippen molar-refractivity contribution in [3.8, 4) is 0 Å². The topological polar surface area (TPSA) is 29.5 Å². The van der Waals surface area contributed by atoms with Gasteiger partial charge in [0, 0.05) is 18.7 Å². The van der Waals surface area contributed by atoms with E-state index in [-0.39, 0.29) is 23.7 Å². The number of likely N-dealkylation sites (tertiary alicyclic amines) is 1. The van der Waals surface area contributed by atoms with Crippen molar-refractivity contribution in [2.75, 3.05) is 13.1 Å². The van der Waals surface area contributed by atoms with Crippen LogP contribution in [-0.4, -0.2) is 36.1 Å². The average Bonchev–Trinajstić information content (AvgIpc) is 2.41. The highest BCUT2D eigenvalue weighted by Gasteiger charge is 2.25. The third kappa shape index (κ3) is 3.54. The Kier molecular flexibility index (Phi) is 4.70. The Morgan fingerprint density at radius 2 is 1.90 bits per heavy atom. The minimum absolute atomic E-state index is 0.170. The molecule has 0 saturated carbocycles. The van der Waals surface area contributed by atoms with Gasteiger partial charge in [-0.15, -0.1) is 0 Å². The predicted octanol–water partition coefficient (Wildman–Crippen LogP) is 2.99. The molecule has 0 spiro atoms. The quantitative estimate of drug-likeness (QED) is 0.853. The first-order valence-corrected chi connectivity index (χ1v) is 6.87. The molecule has 1 aliphatic heterocycles. The van der Waals surface area contributed by atoms with E-state index in [1.54, 1.807) is 4.90 Å². The van der Waals surface area contributed by atoms with E-state index in [1.165, 1.54) is 6.07 Å². The molecular formula is C15H19F2NO2. The molecular weight excluding hydrogens is 264 g/mol. The van der Waals surface area contributed by atoms with Crippen LogP contribution in [0.5, 0.6) is 0 Å². The van der Waals surface area contributed by atoms with E-state index >= 15 is 0 Å². The van der Waals surface area contributed by atoms with Crippen molar-refractivity contribution >= 4 is 5.91 Å². The fourth-order valence-electron chi connectivity index (χ4n) is 2.39. The lowest BCUT2D eigenvalue weighted by molar-refractivity contribution is -0.0236. The van der Waals surface area contributed by atoms with Crippen LogP contribution in [0.25, 0.3) is 0 Å². The molecule has 1 fully saturated rings. The summed E-state index contributed by atoms with van der Waals surface area (Å²) >= 11 is 0. The summed E-state index contributed by atoms with van der Waals surface area (Å²) in [4.78, 5) is 13.8. The summed E-state index contributed by atoms with van der Waals surface area (Å²) in [5.74, 6) is -2.19. The molecule has 0 unspecified atom stereocenters. The van der Waals surface area contributed by atoms with E-state index in [4.69, 9.17) is 4.74 Å². The van der Waals surface area contributed by atoms with Gasteiger partial charge < -0.3 is 9.64 Å². The molecule has 3 nitrogen and oxygen atoms in total. The van der Waals surface area contributed by atoms with Crippen molar-refractivity contribution in [3.63, 3.8) is 0 Å². The van der Waals surface area contributed by atoms with E-state index < -0.39 is 11.6 Å². The molecule has 2 rings (SSSR count). The van der Waals surface area contributed by atoms with E-state index in [2.05, 4.69) is 0 Å². The van der Waals surface area contributed by atoms with Gasteiger partial charge in [-0.1, -0.05) is 0 Å². The largest absolute Gasteiger partial charge is 0.375 e. The standard InChI is InChI=1S/C15H19F2NO2/c1-10(2)20-12-5-7-18(8-6-12)15(19)11-3-4-13(16)14(17)9-11/h3-4,9-10,12H,5-8H2,1-2H3. The number of halogens is 2. The number of carbonyl (C=O) groups excluding carboxylic acids is 1. The van der Waals surface area contributed by atoms with Crippen LogP contribution < -0.4 is 0 Å². The number of hydrogen-bond acceptors (Lipinski definition) is 2. The summed E-state index contributed by atoms with van der Waals surface area (Å²) in [6.45, 7) is 5.13. The molecule has 1 aliphatic rings. The summed E-state index contributed by atoms with van der Waals surface area (Å²) in [5.41, 5.74) is 0.187. The van der Waals surface area contributed by atoms with Crippen LogP contribution in [0.1, 0.15) is 37.0 Å². The summed E-state index contributed by atoms with van der Waals surface area (Å²) in [6.07, 6.45) is 1.89. The number of benzene rings is 1. The number of rotatable bonds is 3. The molecule has 0 bridgehead atoms. The fraction of sp³-hybridized carbons (Fsp3) is 0.533. The third-order valence-electron chi connectivity index (χ3n) is 3.36. The highest BCUT2D eigenvalue weighted by molar-refractivity contribution is 5.94. The number of amides is 1. The van der Waals surface area contributed by atoms with Gasteiger partial charge in [-0.3, -0.25) is 4.79 Å². The van der Waals surface area contributed by atoms with E-state index in [1.807, 2.05) is 13.8 Å². The minimum Gasteiger partial charge on any atom is -0.375 e. The van der Waals surface area contributed by atoms with Crippen LogP contribution >= 0.6 is 0 Å². The lowest BCUT2D eigenvalue weighted by atomic mass is 10.1. The zero-order chi connectivity index (χ0) is 14.7. The van der Waals surface area contributed by atoms with Crippen LogP contribution in [0.4, 0.5) is 8.78 Å². The maximum absolute atomic E-state index is 13.1. The molecule has 0 N–H and O–H groups in total. The Balaban J connectivity index is 1.96. The number of piperidine rings is 1. The molecule has 0 atom stereocenters. The first kappa shape index (κ1) is 14.9. The van der Waals surface area contributed by atoms with Gasteiger partial charge in [0.1, 0.15) is 0 Å². The second kappa shape index (κ2) is 6.31. The maximum atomic E-state index is 13.1. The van der Waals surface area contributed by atoms with Gasteiger partial charge in [0.2, 0.25) is 0 Å². The molecule has 1 aromatic carbocycles. The monoisotopic (exact) mass is 283 g/mol. The van der Waals surface area contributed by atoms with Gasteiger partial charge in [0.15, 0.2) is 11.6 Å². The van der Waals surface area contributed by atoms with Crippen molar-refractivity contribution in [1.29, 1.82) is 0 Å². The maximum Gasteiger partial charge on any atom is 0.253 e. The van der Waals surface area contributed by atoms with Crippen molar-refractivity contribution in [3.05, 3.63) is 35.4 Å². The van der Waals surface area contributed by atoms with Gasteiger partial charge in [-0.2, -0.15) is 0 Å². The van der Waals surface area contributed by atoms with Crippen molar-refractivity contribution < 1.29 is 18.3 Å². The predicted molar refractivity (Wildman–Crippen MR) is 71.5 cm³/mol. The first-order chi connectivity index (χ1) is 9.47. The molecule has 0 aliphatic carbocycles. The summed E-state index contributed by atoms with van der Waals surface area (Å²) in [7, 11) is 0. The van der Waals surface area contributed by atoms with Gasteiger partial charge >= 0.3 is 0 Å². The highest BCUT2D eigenvalue weighted by atomic mass is 19.2. The molecule has 1 amide bonds. The van der Waals surface area contributed by atoms with Gasteiger partial charge in [0.05, 0.1) is 12.2 Å². The molecule has 0 radical (unpaired) electrons. The Bertz CT molecular complexity index is 483. The zero-order valence-electron chi connectivity index (χ0n) is 11.7. The third-order valence-corrected chi connectivity index (χ3v) is 3.36. The van der Waals surface area contributed by atoms with E-state index in [0.717, 1.165) is 25.0 Å². The van der Waals surface area contributed by atoms with Crippen LogP contribution in [0.3, 0.4) is 0 Å². The second-order valence-electron chi connectivity index (χ2n) is 5.31. The lowest BCUT2D eigenvalue weighted by Crippen LogP contribution is -2.41. The van der Waals surface area contributed by atoms with Crippen LogP contribution in [-0.2, 0) is 4.74 Å². The molecule has 0 aromatic heterocycles. The molecule has 20 heavy (non-hydrogen) atoms. The van der Waals surface area contributed by atoms with E-state index in [9.17, 15) is 13.6 Å². The number of nitrogens with zero attached hydrogens (tertiary/aromatic N) is 1. The van der Waals surface area contributed by atoms with Gasteiger partial charge in [-0.05, 0) is 44.9 Å². The molecule has 110 valence electrons. The van der Waals surface area contributed by atoms with Crippen molar-refractivity contribution in [2.45, 2.75) is 38.9 Å². The first-order valence-electron chi connectivity index (χ1n) is 6.87.